The Hall–Kier alpha value is -1.06. The molecule has 1 aliphatic heterocycles. The maximum absolute atomic E-state index is 5.40. The Kier molecular flexibility index (Phi) is 11.7. The highest BCUT2D eigenvalue weighted by Gasteiger charge is 2.23. The molecule has 0 aliphatic carbocycles. The number of hydrogen-bond acceptors (Lipinski definition) is 4. The van der Waals surface area contributed by atoms with Crippen molar-refractivity contribution in [3.05, 3.63) is 29.3 Å². The summed E-state index contributed by atoms with van der Waals surface area (Å²) < 4.78 is 10.6. The van der Waals surface area contributed by atoms with E-state index in [1.807, 2.05) is 7.05 Å². The highest BCUT2D eigenvalue weighted by Crippen LogP contribution is 2.19. The summed E-state index contributed by atoms with van der Waals surface area (Å²) >= 11 is 0. The minimum absolute atomic E-state index is 0. The molecule has 0 aromatic heterocycles. The lowest BCUT2D eigenvalue weighted by molar-refractivity contribution is 0.141. The number of methoxy groups -OCH3 is 2. The first-order chi connectivity index (χ1) is 12.7. The number of guanidine groups is 1. The van der Waals surface area contributed by atoms with Crippen LogP contribution in [0.4, 0.5) is 0 Å². The van der Waals surface area contributed by atoms with Gasteiger partial charge in [0.25, 0.3) is 0 Å². The number of likely N-dealkylation sites (tertiary alicyclic amines) is 1. The summed E-state index contributed by atoms with van der Waals surface area (Å²) in [6.45, 7) is 6.78. The van der Waals surface area contributed by atoms with Crippen molar-refractivity contribution in [1.82, 2.24) is 15.5 Å². The smallest absolute Gasteiger partial charge is 0.191 e. The van der Waals surface area contributed by atoms with Crippen LogP contribution in [0.15, 0.2) is 23.2 Å². The third-order valence-corrected chi connectivity index (χ3v) is 4.99. The van der Waals surface area contributed by atoms with Crippen LogP contribution in [0.3, 0.4) is 0 Å². The van der Waals surface area contributed by atoms with Gasteiger partial charge in [0, 0.05) is 39.8 Å². The predicted octanol–water partition coefficient (Wildman–Crippen LogP) is 2.44. The van der Waals surface area contributed by atoms with Crippen molar-refractivity contribution in [2.45, 2.75) is 32.2 Å². The van der Waals surface area contributed by atoms with Gasteiger partial charge in [-0.05, 0) is 49.9 Å². The number of aryl methyl sites for hydroxylation is 1. The van der Waals surface area contributed by atoms with Crippen LogP contribution in [0.25, 0.3) is 0 Å². The van der Waals surface area contributed by atoms with Gasteiger partial charge in [-0.1, -0.05) is 12.1 Å². The Labute approximate surface area is 181 Å². The van der Waals surface area contributed by atoms with Crippen LogP contribution in [0.1, 0.15) is 24.0 Å². The van der Waals surface area contributed by atoms with Gasteiger partial charge in [-0.2, -0.15) is 0 Å². The van der Waals surface area contributed by atoms with Crippen molar-refractivity contribution < 1.29 is 9.47 Å². The Bertz CT molecular complexity index is 583. The number of ether oxygens (including phenoxy) is 2. The fraction of sp³-hybridized carbons (Fsp3) is 0.650. The Morgan fingerprint density at radius 2 is 2.11 bits per heavy atom. The Morgan fingerprint density at radius 1 is 1.30 bits per heavy atom. The van der Waals surface area contributed by atoms with Crippen LogP contribution in [-0.2, 0) is 11.2 Å². The van der Waals surface area contributed by atoms with Crippen molar-refractivity contribution >= 4 is 29.9 Å². The maximum Gasteiger partial charge on any atom is 0.191 e. The second-order valence-electron chi connectivity index (χ2n) is 6.76. The van der Waals surface area contributed by atoms with Crippen molar-refractivity contribution in [2.24, 2.45) is 4.99 Å². The van der Waals surface area contributed by atoms with Crippen molar-refractivity contribution in [2.75, 3.05) is 54.1 Å². The molecule has 7 heteroatoms. The third-order valence-electron chi connectivity index (χ3n) is 4.99. The van der Waals surface area contributed by atoms with E-state index in [1.165, 1.54) is 18.4 Å². The molecule has 1 fully saturated rings. The number of aliphatic imine (C=N–C) groups is 1. The van der Waals surface area contributed by atoms with E-state index in [4.69, 9.17) is 9.47 Å². The molecule has 1 heterocycles. The average molecular weight is 490 g/mol. The second-order valence-corrected chi connectivity index (χ2v) is 6.76. The largest absolute Gasteiger partial charge is 0.496 e. The van der Waals surface area contributed by atoms with Crippen LogP contribution >= 0.6 is 24.0 Å². The normalized spacial score (nSPS) is 17.5. The number of nitrogens with zero attached hydrogens (tertiary/aromatic N) is 2. The van der Waals surface area contributed by atoms with Crippen LogP contribution in [0, 0.1) is 6.92 Å². The Balaban J connectivity index is 0.00000364. The lowest BCUT2D eigenvalue weighted by Gasteiger charge is -2.25. The molecule has 1 aliphatic rings. The highest BCUT2D eigenvalue weighted by atomic mass is 127. The highest BCUT2D eigenvalue weighted by molar-refractivity contribution is 14.0. The van der Waals surface area contributed by atoms with Crippen LogP contribution < -0.4 is 15.4 Å². The zero-order valence-corrected chi connectivity index (χ0v) is 19.4. The summed E-state index contributed by atoms with van der Waals surface area (Å²) in [5.41, 5.74) is 2.42. The van der Waals surface area contributed by atoms with Gasteiger partial charge < -0.3 is 20.1 Å². The number of benzene rings is 1. The first-order valence-corrected chi connectivity index (χ1v) is 9.49. The molecule has 1 aromatic carbocycles. The fourth-order valence-corrected chi connectivity index (χ4v) is 3.41. The zero-order valence-electron chi connectivity index (χ0n) is 17.1. The molecule has 0 saturated carbocycles. The molecule has 0 bridgehead atoms. The molecule has 6 nitrogen and oxygen atoms in total. The average Bonchev–Trinajstić information content (AvgIpc) is 3.11. The number of nitrogens with one attached hydrogen (secondary N) is 2. The van der Waals surface area contributed by atoms with E-state index < -0.39 is 0 Å². The van der Waals surface area contributed by atoms with E-state index in [-0.39, 0.29) is 24.0 Å². The minimum Gasteiger partial charge on any atom is -0.496 e. The maximum atomic E-state index is 5.40. The van der Waals surface area contributed by atoms with Crippen molar-refractivity contribution in [3.8, 4) is 5.75 Å². The molecule has 2 rings (SSSR count). The van der Waals surface area contributed by atoms with Crippen molar-refractivity contribution in [3.63, 3.8) is 0 Å². The van der Waals surface area contributed by atoms with Gasteiger partial charge in [-0.3, -0.25) is 9.89 Å². The topological polar surface area (TPSA) is 58.1 Å². The van der Waals surface area contributed by atoms with Gasteiger partial charge >= 0.3 is 0 Å². The molecule has 1 atom stereocenters. The first-order valence-electron chi connectivity index (χ1n) is 9.49. The van der Waals surface area contributed by atoms with Gasteiger partial charge in [0.15, 0.2) is 5.96 Å². The predicted molar refractivity (Wildman–Crippen MR) is 123 cm³/mol. The van der Waals surface area contributed by atoms with Crippen LogP contribution in [-0.4, -0.2) is 71.0 Å². The lowest BCUT2D eigenvalue weighted by Crippen LogP contribution is -2.45. The van der Waals surface area contributed by atoms with Crippen LogP contribution in [0.2, 0.25) is 0 Å². The quantitative estimate of drug-likeness (QED) is 0.317. The molecule has 2 N–H and O–H groups in total. The molecule has 1 unspecified atom stereocenters. The summed E-state index contributed by atoms with van der Waals surface area (Å²) in [7, 11) is 5.30. The molecule has 0 amide bonds. The van der Waals surface area contributed by atoms with Crippen molar-refractivity contribution in [1.29, 1.82) is 0 Å². The standard InChI is InChI=1S/C20H34N4O2.HI/c1-16-7-8-17(14-19(16)26-4)9-10-22-20(21-2)23-15-18-6-5-11-24(18)12-13-25-3;/h7-8,14,18H,5-6,9-13,15H2,1-4H3,(H2,21,22,23);1H. The van der Waals surface area contributed by atoms with Gasteiger partial charge in [-0.15, -0.1) is 24.0 Å². The van der Waals surface area contributed by atoms with E-state index in [0.29, 0.717) is 6.04 Å². The van der Waals surface area contributed by atoms with E-state index in [2.05, 4.69) is 45.6 Å². The monoisotopic (exact) mass is 490 g/mol. The van der Waals surface area contributed by atoms with Gasteiger partial charge in [-0.25, -0.2) is 0 Å². The molecular weight excluding hydrogens is 455 g/mol. The first kappa shape index (κ1) is 24.0. The molecule has 154 valence electrons. The summed E-state index contributed by atoms with van der Waals surface area (Å²) in [5.74, 6) is 1.81. The summed E-state index contributed by atoms with van der Waals surface area (Å²) in [6, 6.07) is 6.93. The van der Waals surface area contributed by atoms with Crippen LogP contribution in [0.5, 0.6) is 5.75 Å². The van der Waals surface area contributed by atoms with E-state index in [9.17, 15) is 0 Å². The number of rotatable bonds is 9. The van der Waals surface area contributed by atoms with Gasteiger partial charge in [0.2, 0.25) is 0 Å². The summed E-state index contributed by atoms with van der Waals surface area (Å²) in [4.78, 5) is 6.84. The molecule has 1 aromatic rings. The number of halogens is 1. The fourth-order valence-electron chi connectivity index (χ4n) is 3.41. The Morgan fingerprint density at radius 3 is 2.81 bits per heavy atom. The van der Waals surface area contributed by atoms with E-state index >= 15 is 0 Å². The number of hydrogen-bond donors (Lipinski definition) is 2. The molecule has 0 radical (unpaired) electrons. The summed E-state index contributed by atoms with van der Waals surface area (Å²) in [6.07, 6.45) is 3.43. The van der Waals surface area contributed by atoms with Gasteiger partial charge in [0.1, 0.15) is 5.75 Å². The van der Waals surface area contributed by atoms with Gasteiger partial charge in [0.05, 0.1) is 13.7 Å². The lowest BCUT2D eigenvalue weighted by atomic mass is 10.1. The third kappa shape index (κ3) is 7.83. The van der Waals surface area contributed by atoms with E-state index in [0.717, 1.165) is 56.5 Å². The second kappa shape index (κ2) is 13.2. The molecule has 27 heavy (non-hydrogen) atoms. The van der Waals surface area contributed by atoms with E-state index in [1.54, 1.807) is 14.2 Å². The molecule has 0 spiro atoms. The summed E-state index contributed by atoms with van der Waals surface area (Å²) in [5, 5.41) is 6.87. The minimum atomic E-state index is 0. The zero-order chi connectivity index (χ0) is 18.8. The SMILES string of the molecule is CN=C(NCCc1ccc(C)c(OC)c1)NCC1CCCN1CCOC.I. The molecular formula is C20H35IN4O2. The molecule has 1 saturated heterocycles.